The molecule has 1 heterocycles. The second kappa shape index (κ2) is 7.78. The van der Waals surface area contributed by atoms with Gasteiger partial charge in [0, 0.05) is 31.9 Å². The molecule has 0 unspecified atom stereocenters. The average molecular weight is 326 g/mol. The number of hydrogen-bond acceptors (Lipinski definition) is 2. The van der Waals surface area contributed by atoms with E-state index in [4.69, 9.17) is 4.74 Å². The molecule has 2 rings (SSSR count). The van der Waals surface area contributed by atoms with E-state index in [9.17, 15) is 17.3 Å². The molecule has 0 radical (unpaired) electrons. The van der Waals surface area contributed by atoms with Gasteiger partial charge in [-0.2, -0.15) is 0 Å². The molecular weight excluding hydrogens is 314 g/mol. The number of nitrogens with zero attached hydrogens (tertiary/aromatic N) is 2. The van der Waals surface area contributed by atoms with Crippen molar-refractivity contribution >= 4 is 12.4 Å². The van der Waals surface area contributed by atoms with Crippen molar-refractivity contribution < 1.29 is 73.5 Å². The molecule has 0 N–H and O–H groups in total. The first-order valence-electron chi connectivity index (χ1n) is 5.96. The third kappa shape index (κ3) is 5.10. The Labute approximate surface area is 162 Å². The second-order valence-electron chi connectivity index (χ2n) is 4.31. The van der Waals surface area contributed by atoms with Gasteiger partial charge in [-0.1, -0.05) is 11.5 Å². The number of aromatic nitrogens is 2. The molecular formula is C12H12BF4KN2O. The summed E-state index contributed by atoms with van der Waals surface area (Å²) in [4.78, 5) is 4.07. The van der Waals surface area contributed by atoms with Crippen LogP contribution in [0.15, 0.2) is 30.6 Å². The normalized spacial score (nSPS) is 11.1. The zero-order chi connectivity index (χ0) is 14.8. The minimum Gasteiger partial charge on any atom is -0.493 e. The van der Waals surface area contributed by atoms with Crippen molar-refractivity contribution in [1.82, 2.24) is 9.55 Å². The zero-order valence-corrected chi connectivity index (χ0v) is 14.8. The Balaban J connectivity index is 0.00000220. The Bertz CT molecular complexity index is 603. The average Bonchev–Trinajstić information content (AvgIpc) is 2.73. The summed E-state index contributed by atoms with van der Waals surface area (Å²) in [6.45, 7) is -5.13. The molecule has 21 heavy (non-hydrogen) atoms. The number of hydrogen-bond donors (Lipinski definition) is 0. The van der Waals surface area contributed by atoms with E-state index < -0.39 is 18.3 Å². The van der Waals surface area contributed by atoms with Crippen LogP contribution in [0.2, 0.25) is 0 Å². The smallest absolute Gasteiger partial charge is 0.493 e. The topological polar surface area (TPSA) is 27.1 Å². The van der Waals surface area contributed by atoms with Crippen molar-refractivity contribution in [1.29, 1.82) is 0 Å². The van der Waals surface area contributed by atoms with Gasteiger partial charge in [0.2, 0.25) is 0 Å². The van der Waals surface area contributed by atoms with Crippen molar-refractivity contribution in [3.8, 4) is 5.75 Å². The maximum absolute atomic E-state index is 13.3. The summed E-state index contributed by atoms with van der Waals surface area (Å²) in [5.74, 6) is -0.465. The summed E-state index contributed by atoms with van der Waals surface area (Å²) >= 11 is 0. The predicted molar refractivity (Wildman–Crippen MR) is 67.5 cm³/mol. The number of ether oxygens (including phenoxy) is 1. The molecule has 108 valence electrons. The van der Waals surface area contributed by atoms with Crippen LogP contribution in [0.3, 0.4) is 0 Å². The van der Waals surface area contributed by atoms with Crippen LogP contribution in [-0.4, -0.2) is 23.1 Å². The molecule has 0 fully saturated rings. The number of rotatable bonds is 5. The molecule has 0 spiro atoms. The van der Waals surface area contributed by atoms with Crippen molar-refractivity contribution in [3.63, 3.8) is 0 Å². The van der Waals surface area contributed by atoms with E-state index in [1.807, 2.05) is 7.05 Å². The molecule has 0 aliphatic heterocycles. The van der Waals surface area contributed by atoms with E-state index in [1.165, 1.54) is 0 Å². The predicted octanol–water partition coefficient (Wildman–Crippen LogP) is -0.761. The Morgan fingerprint density at radius 1 is 1.29 bits per heavy atom. The van der Waals surface area contributed by atoms with E-state index in [-0.39, 0.29) is 63.7 Å². The minimum absolute atomic E-state index is 0. The monoisotopic (exact) mass is 326 g/mol. The van der Waals surface area contributed by atoms with Crippen LogP contribution in [0.1, 0.15) is 5.82 Å². The third-order valence-corrected chi connectivity index (χ3v) is 2.84. The van der Waals surface area contributed by atoms with Crippen LogP contribution < -0.4 is 61.6 Å². The van der Waals surface area contributed by atoms with E-state index >= 15 is 0 Å². The van der Waals surface area contributed by atoms with Gasteiger partial charge in [-0.15, -0.1) is 0 Å². The number of imidazole rings is 1. The van der Waals surface area contributed by atoms with Gasteiger partial charge < -0.3 is 22.3 Å². The van der Waals surface area contributed by atoms with E-state index in [1.54, 1.807) is 17.0 Å². The molecule has 1 aromatic carbocycles. The standard InChI is InChI=1S/C12H12BF4N2O.K/c1-19-6-5-18-12(19)4-7-20-9-2-3-10(11(14)8-9)13(15,16)17;/h2-3,5-6,8H,4,7H2,1H3;/q-1;+1. The molecule has 0 amide bonds. The summed E-state index contributed by atoms with van der Waals surface area (Å²) < 4.78 is 57.6. The Hall–Kier alpha value is -0.349. The molecule has 0 atom stereocenters. The Kier molecular flexibility index (Phi) is 6.92. The minimum atomic E-state index is -5.34. The van der Waals surface area contributed by atoms with E-state index in [0.717, 1.165) is 18.0 Å². The van der Waals surface area contributed by atoms with Crippen LogP contribution in [0, 0.1) is 5.82 Å². The van der Waals surface area contributed by atoms with Gasteiger partial charge >= 0.3 is 58.4 Å². The van der Waals surface area contributed by atoms with Gasteiger partial charge in [-0.05, 0) is 6.07 Å². The van der Waals surface area contributed by atoms with Gasteiger partial charge in [0.05, 0.1) is 12.4 Å². The quantitative estimate of drug-likeness (QED) is 0.534. The summed E-state index contributed by atoms with van der Waals surface area (Å²) in [6, 6.07) is 2.57. The zero-order valence-electron chi connectivity index (χ0n) is 11.7. The van der Waals surface area contributed by atoms with Crippen LogP contribution in [0.4, 0.5) is 17.3 Å². The van der Waals surface area contributed by atoms with Gasteiger partial charge in [0.1, 0.15) is 11.6 Å². The molecule has 0 saturated carbocycles. The van der Waals surface area contributed by atoms with Crippen molar-refractivity contribution in [2.75, 3.05) is 6.61 Å². The van der Waals surface area contributed by atoms with E-state index in [0.29, 0.717) is 12.5 Å². The molecule has 1 aromatic heterocycles. The summed E-state index contributed by atoms with van der Waals surface area (Å²) in [7, 11) is 1.82. The summed E-state index contributed by atoms with van der Waals surface area (Å²) in [5, 5.41) is 0. The number of benzene rings is 1. The fourth-order valence-corrected chi connectivity index (χ4v) is 1.76. The van der Waals surface area contributed by atoms with Gasteiger partial charge in [-0.25, -0.2) is 9.37 Å². The van der Waals surface area contributed by atoms with Gasteiger partial charge in [0.15, 0.2) is 0 Å². The van der Waals surface area contributed by atoms with E-state index in [2.05, 4.69) is 4.98 Å². The number of halogens is 4. The molecule has 0 aliphatic rings. The van der Waals surface area contributed by atoms with Crippen LogP contribution >= 0.6 is 0 Å². The van der Waals surface area contributed by atoms with Crippen molar-refractivity contribution in [2.45, 2.75) is 6.42 Å². The first-order chi connectivity index (χ1) is 9.38. The van der Waals surface area contributed by atoms with Gasteiger partial charge in [0.25, 0.3) is 0 Å². The fraction of sp³-hybridized carbons (Fsp3) is 0.250. The van der Waals surface area contributed by atoms with Crippen LogP contribution in [0.5, 0.6) is 5.75 Å². The maximum Gasteiger partial charge on any atom is 1.00 e. The maximum atomic E-state index is 13.3. The van der Waals surface area contributed by atoms with Crippen molar-refractivity contribution in [3.05, 3.63) is 42.2 Å². The Morgan fingerprint density at radius 2 is 2.00 bits per heavy atom. The summed E-state index contributed by atoms with van der Waals surface area (Å²) in [5.41, 5.74) is -1.23. The molecule has 0 bridgehead atoms. The SMILES string of the molecule is Cn1ccnc1CCOc1ccc([B-](F)(F)F)c(F)c1.[K+]. The molecule has 2 aromatic rings. The molecule has 0 saturated heterocycles. The molecule has 3 nitrogen and oxygen atoms in total. The largest absolute Gasteiger partial charge is 1.00 e. The first-order valence-corrected chi connectivity index (χ1v) is 5.96. The Morgan fingerprint density at radius 3 is 2.52 bits per heavy atom. The molecule has 9 heteroatoms. The third-order valence-electron chi connectivity index (χ3n) is 2.84. The van der Waals surface area contributed by atoms with Crippen molar-refractivity contribution in [2.24, 2.45) is 7.05 Å². The summed E-state index contributed by atoms with van der Waals surface area (Å²) in [6.07, 6.45) is 3.89. The second-order valence-corrected chi connectivity index (χ2v) is 4.31. The van der Waals surface area contributed by atoms with Gasteiger partial charge in [-0.3, -0.25) is 0 Å². The van der Waals surface area contributed by atoms with Crippen LogP contribution in [-0.2, 0) is 13.5 Å². The van der Waals surface area contributed by atoms with Crippen LogP contribution in [0.25, 0.3) is 0 Å². The first kappa shape index (κ1) is 18.7. The molecule has 0 aliphatic carbocycles. The fourth-order valence-electron chi connectivity index (χ4n) is 1.76. The number of aryl methyl sites for hydroxylation is 1.